The standard InChI is InChI=1S/C10H10ClNO2/c1-14-10(13)9-8(12-9)6-2-4-7(11)5-3-6/h2-5,8-9,12H,1H3. The fraction of sp³-hybridized carbons (Fsp3) is 0.300. The summed E-state index contributed by atoms with van der Waals surface area (Å²) in [5, 5.41) is 3.74. The average molecular weight is 212 g/mol. The Bertz CT molecular complexity index is 350. The highest BCUT2D eigenvalue weighted by Crippen LogP contribution is 2.30. The molecule has 1 aromatic rings. The van der Waals surface area contributed by atoms with Crippen molar-refractivity contribution in [1.29, 1.82) is 0 Å². The summed E-state index contributed by atoms with van der Waals surface area (Å²) in [6.45, 7) is 0. The highest BCUT2D eigenvalue weighted by Gasteiger charge is 2.44. The van der Waals surface area contributed by atoms with Gasteiger partial charge in [-0.15, -0.1) is 0 Å². The highest BCUT2D eigenvalue weighted by molar-refractivity contribution is 6.30. The third-order valence-electron chi connectivity index (χ3n) is 2.27. The maximum Gasteiger partial charge on any atom is 0.324 e. The number of hydrogen-bond acceptors (Lipinski definition) is 3. The second-order valence-electron chi connectivity index (χ2n) is 3.20. The number of carbonyl (C=O) groups is 1. The van der Waals surface area contributed by atoms with E-state index in [4.69, 9.17) is 11.6 Å². The van der Waals surface area contributed by atoms with Gasteiger partial charge in [0.05, 0.1) is 13.2 Å². The van der Waals surface area contributed by atoms with E-state index in [1.165, 1.54) is 7.11 Å². The van der Waals surface area contributed by atoms with Gasteiger partial charge in [-0.2, -0.15) is 0 Å². The Hall–Kier alpha value is -1.06. The van der Waals surface area contributed by atoms with Gasteiger partial charge in [-0.1, -0.05) is 23.7 Å². The summed E-state index contributed by atoms with van der Waals surface area (Å²) in [5.74, 6) is -0.218. The number of esters is 1. The molecule has 74 valence electrons. The largest absolute Gasteiger partial charge is 0.468 e. The minimum atomic E-state index is -0.218. The quantitative estimate of drug-likeness (QED) is 0.596. The van der Waals surface area contributed by atoms with E-state index >= 15 is 0 Å². The smallest absolute Gasteiger partial charge is 0.324 e. The van der Waals surface area contributed by atoms with Crippen LogP contribution >= 0.6 is 11.6 Å². The lowest BCUT2D eigenvalue weighted by molar-refractivity contribution is -0.140. The Morgan fingerprint density at radius 2 is 2.07 bits per heavy atom. The van der Waals surface area contributed by atoms with Gasteiger partial charge in [-0.05, 0) is 17.7 Å². The van der Waals surface area contributed by atoms with Crippen molar-refractivity contribution >= 4 is 17.6 Å². The van der Waals surface area contributed by atoms with Crippen LogP contribution in [0.4, 0.5) is 0 Å². The monoisotopic (exact) mass is 211 g/mol. The Morgan fingerprint density at radius 3 is 2.64 bits per heavy atom. The number of halogens is 1. The van der Waals surface area contributed by atoms with Gasteiger partial charge in [0.2, 0.25) is 0 Å². The molecule has 4 heteroatoms. The summed E-state index contributed by atoms with van der Waals surface area (Å²) >= 11 is 5.75. The van der Waals surface area contributed by atoms with Gasteiger partial charge in [0, 0.05) is 5.02 Å². The molecular weight excluding hydrogens is 202 g/mol. The SMILES string of the molecule is COC(=O)C1NC1c1ccc(Cl)cc1. The van der Waals surface area contributed by atoms with Crippen LogP contribution in [0, 0.1) is 0 Å². The molecule has 1 N–H and O–H groups in total. The molecule has 1 saturated heterocycles. The summed E-state index contributed by atoms with van der Waals surface area (Å²) in [6.07, 6.45) is 0. The molecule has 0 aliphatic carbocycles. The van der Waals surface area contributed by atoms with Gasteiger partial charge in [0.1, 0.15) is 6.04 Å². The molecule has 3 nitrogen and oxygen atoms in total. The second kappa shape index (κ2) is 3.59. The molecule has 1 aliphatic rings. The van der Waals surface area contributed by atoms with Crippen molar-refractivity contribution < 1.29 is 9.53 Å². The first-order chi connectivity index (χ1) is 6.72. The molecule has 0 aromatic heterocycles. The van der Waals surface area contributed by atoms with E-state index < -0.39 is 0 Å². The molecule has 2 atom stereocenters. The van der Waals surface area contributed by atoms with Crippen molar-refractivity contribution in [2.45, 2.75) is 12.1 Å². The van der Waals surface area contributed by atoms with Crippen LogP contribution in [0.5, 0.6) is 0 Å². The van der Waals surface area contributed by atoms with Crippen LogP contribution in [0.15, 0.2) is 24.3 Å². The number of ether oxygens (including phenoxy) is 1. The van der Waals surface area contributed by atoms with Gasteiger partial charge in [-0.3, -0.25) is 10.1 Å². The molecule has 0 radical (unpaired) electrons. The fourth-order valence-electron chi connectivity index (χ4n) is 1.43. The lowest BCUT2D eigenvalue weighted by Crippen LogP contribution is -2.11. The van der Waals surface area contributed by atoms with Crippen LogP contribution in [0.1, 0.15) is 11.6 Å². The topological polar surface area (TPSA) is 48.2 Å². The van der Waals surface area contributed by atoms with E-state index in [-0.39, 0.29) is 18.1 Å². The van der Waals surface area contributed by atoms with Crippen LogP contribution in [-0.2, 0) is 9.53 Å². The van der Waals surface area contributed by atoms with Crippen molar-refractivity contribution in [2.75, 3.05) is 7.11 Å². The number of benzene rings is 1. The van der Waals surface area contributed by atoms with Crippen LogP contribution in [-0.4, -0.2) is 19.1 Å². The highest BCUT2D eigenvalue weighted by atomic mass is 35.5. The Kier molecular flexibility index (Phi) is 2.44. The number of hydrogen-bond donors (Lipinski definition) is 1. The summed E-state index contributed by atoms with van der Waals surface area (Å²) < 4.78 is 4.62. The lowest BCUT2D eigenvalue weighted by atomic mass is 10.1. The third kappa shape index (κ3) is 1.74. The molecule has 1 heterocycles. The molecule has 0 saturated carbocycles. The van der Waals surface area contributed by atoms with E-state index in [1.54, 1.807) is 0 Å². The van der Waals surface area contributed by atoms with Crippen LogP contribution in [0.3, 0.4) is 0 Å². The van der Waals surface area contributed by atoms with Crippen molar-refractivity contribution in [3.8, 4) is 0 Å². The maximum atomic E-state index is 11.1. The normalized spacial score (nSPS) is 24.4. The van der Waals surface area contributed by atoms with E-state index in [1.807, 2.05) is 24.3 Å². The lowest BCUT2D eigenvalue weighted by Gasteiger charge is -1.97. The van der Waals surface area contributed by atoms with Gasteiger partial charge in [0.25, 0.3) is 0 Å². The van der Waals surface area contributed by atoms with Gasteiger partial charge in [0.15, 0.2) is 0 Å². The van der Waals surface area contributed by atoms with E-state index in [9.17, 15) is 4.79 Å². The maximum absolute atomic E-state index is 11.1. The van der Waals surface area contributed by atoms with Gasteiger partial charge < -0.3 is 4.74 Å². The molecule has 1 fully saturated rings. The molecule has 2 unspecified atom stereocenters. The zero-order valence-corrected chi connectivity index (χ0v) is 8.41. The summed E-state index contributed by atoms with van der Waals surface area (Å²) in [6, 6.07) is 7.32. The summed E-state index contributed by atoms with van der Waals surface area (Å²) in [7, 11) is 1.39. The zero-order valence-electron chi connectivity index (χ0n) is 7.66. The first kappa shape index (κ1) is 9.49. The third-order valence-corrected chi connectivity index (χ3v) is 2.52. The van der Waals surface area contributed by atoms with Crippen molar-refractivity contribution in [1.82, 2.24) is 5.32 Å². The first-order valence-corrected chi connectivity index (χ1v) is 4.69. The van der Waals surface area contributed by atoms with E-state index in [0.717, 1.165) is 5.56 Å². The van der Waals surface area contributed by atoms with E-state index in [0.29, 0.717) is 5.02 Å². The Morgan fingerprint density at radius 1 is 1.43 bits per heavy atom. The van der Waals surface area contributed by atoms with E-state index in [2.05, 4.69) is 10.1 Å². The molecule has 1 aliphatic heterocycles. The van der Waals surface area contributed by atoms with Crippen LogP contribution in [0.25, 0.3) is 0 Å². The predicted molar refractivity (Wildman–Crippen MR) is 53.1 cm³/mol. The molecule has 1 aromatic carbocycles. The van der Waals surface area contributed by atoms with Crippen molar-refractivity contribution in [3.05, 3.63) is 34.9 Å². The number of methoxy groups -OCH3 is 1. The van der Waals surface area contributed by atoms with Crippen LogP contribution < -0.4 is 5.32 Å². The number of carbonyl (C=O) groups excluding carboxylic acids is 1. The summed E-state index contributed by atoms with van der Waals surface area (Å²) in [4.78, 5) is 11.1. The molecule has 0 spiro atoms. The van der Waals surface area contributed by atoms with Crippen molar-refractivity contribution in [3.63, 3.8) is 0 Å². The fourth-order valence-corrected chi connectivity index (χ4v) is 1.55. The second-order valence-corrected chi connectivity index (χ2v) is 3.63. The minimum Gasteiger partial charge on any atom is -0.468 e. The minimum absolute atomic E-state index is 0.0831. The molecule has 14 heavy (non-hydrogen) atoms. The Balaban J connectivity index is 2.06. The molecule has 2 rings (SSSR count). The van der Waals surface area contributed by atoms with Gasteiger partial charge in [-0.25, -0.2) is 0 Å². The van der Waals surface area contributed by atoms with Crippen molar-refractivity contribution in [2.24, 2.45) is 0 Å². The predicted octanol–water partition coefficient (Wildman–Crippen LogP) is 1.53. The zero-order chi connectivity index (χ0) is 10.1. The number of nitrogens with one attached hydrogen (secondary N) is 1. The average Bonchev–Trinajstić information content (AvgIpc) is 2.98. The number of rotatable bonds is 2. The Labute approximate surface area is 87.0 Å². The molecule has 0 amide bonds. The molecular formula is C10H10ClNO2. The van der Waals surface area contributed by atoms with Crippen LogP contribution in [0.2, 0.25) is 5.02 Å². The first-order valence-electron chi connectivity index (χ1n) is 4.31. The molecule has 0 bridgehead atoms. The summed E-state index contributed by atoms with van der Waals surface area (Å²) in [5.41, 5.74) is 1.06. The van der Waals surface area contributed by atoms with Gasteiger partial charge >= 0.3 is 5.97 Å².